The maximum atomic E-state index is 14.3. The third-order valence-electron chi connectivity index (χ3n) is 5.78. The fourth-order valence-corrected chi connectivity index (χ4v) is 4.21. The molecule has 2 aromatic rings. The Morgan fingerprint density at radius 3 is 2.12 bits per heavy atom. The van der Waals surface area contributed by atoms with Crippen LogP contribution in [0, 0.1) is 17.6 Å². The van der Waals surface area contributed by atoms with Gasteiger partial charge in [0.05, 0.1) is 0 Å². The van der Waals surface area contributed by atoms with Crippen LogP contribution in [0.25, 0.3) is 11.1 Å². The summed E-state index contributed by atoms with van der Waals surface area (Å²) in [6.07, 6.45) is 8.27. The third-order valence-corrected chi connectivity index (χ3v) is 5.78. The first kappa shape index (κ1) is 18.1. The van der Waals surface area contributed by atoms with E-state index in [1.165, 1.54) is 44.1 Å². The van der Waals surface area contributed by atoms with Gasteiger partial charge in [0.15, 0.2) is 11.6 Å². The zero-order chi connectivity index (χ0) is 17.8. The summed E-state index contributed by atoms with van der Waals surface area (Å²) < 4.78 is 28.4. The van der Waals surface area contributed by atoms with Gasteiger partial charge in [-0.2, -0.15) is 0 Å². The van der Waals surface area contributed by atoms with E-state index in [1.54, 1.807) is 12.1 Å². The molecule has 0 amide bonds. The molecule has 0 heterocycles. The highest BCUT2D eigenvalue weighted by molar-refractivity contribution is 5.65. The predicted molar refractivity (Wildman–Crippen MR) is 101 cm³/mol. The molecule has 0 saturated heterocycles. The van der Waals surface area contributed by atoms with Crippen LogP contribution in [0.3, 0.4) is 0 Å². The van der Waals surface area contributed by atoms with E-state index < -0.39 is 11.6 Å². The lowest BCUT2D eigenvalue weighted by molar-refractivity contribution is 0.308. The van der Waals surface area contributed by atoms with Crippen molar-refractivity contribution in [2.24, 2.45) is 5.92 Å². The molecule has 0 atom stereocenters. The molecular formula is C23H28F2. The highest BCUT2D eigenvalue weighted by Crippen LogP contribution is 2.38. The Kier molecular flexibility index (Phi) is 5.88. The molecule has 0 nitrogen and oxygen atoms in total. The molecule has 134 valence electrons. The van der Waals surface area contributed by atoms with Gasteiger partial charge in [-0.15, -0.1) is 0 Å². The van der Waals surface area contributed by atoms with Crippen LogP contribution < -0.4 is 0 Å². The summed E-state index contributed by atoms with van der Waals surface area (Å²) >= 11 is 0. The molecule has 3 rings (SSSR count). The fourth-order valence-electron chi connectivity index (χ4n) is 4.21. The molecule has 0 unspecified atom stereocenters. The molecule has 25 heavy (non-hydrogen) atoms. The first-order valence-corrected chi connectivity index (χ1v) is 9.71. The molecular weight excluding hydrogens is 314 g/mol. The van der Waals surface area contributed by atoms with Gasteiger partial charge in [-0.3, -0.25) is 0 Å². The van der Waals surface area contributed by atoms with E-state index in [9.17, 15) is 8.78 Å². The quantitative estimate of drug-likeness (QED) is 0.536. The van der Waals surface area contributed by atoms with E-state index in [-0.39, 0.29) is 0 Å². The Balaban J connectivity index is 1.74. The highest BCUT2D eigenvalue weighted by Gasteiger charge is 2.22. The normalized spacial score (nSPS) is 20.6. The molecule has 0 radical (unpaired) electrons. The van der Waals surface area contributed by atoms with Crippen molar-refractivity contribution < 1.29 is 8.78 Å². The van der Waals surface area contributed by atoms with Gasteiger partial charge in [0.2, 0.25) is 0 Å². The minimum absolute atomic E-state index is 0.355. The monoisotopic (exact) mass is 342 g/mol. The van der Waals surface area contributed by atoms with Crippen molar-refractivity contribution >= 4 is 0 Å². The van der Waals surface area contributed by atoms with Gasteiger partial charge < -0.3 is 0 Å². The SMILES string of the molecule is CCCC1CCC(c2ccc(-c3ccc(CC)c(F)c3F)cc2)CC1. The first-order chi connectivity index (χ1) is 12.1. The maximum Gasteiger partial charge on any atom is 0.166 e. The van der Waals surface area contributed by atoms with Gasteiger partial charge in [-0.1, -0.05) is 63.1 Å². The second-order valence-electron chi connectivity index (χ2n) is 7.38. The van der Waals surface area contributed by atoms with Gasteiger partial charge >= 0.3 is 0 Å². The summed E-state index contributed by atoms with van der Waals surface area (Å²) in [7, 11) is 0. The first-order valence-electron chi connectivity index (χ1n) is 9.71. The lowest BCUT2D eigenvalue weighted by Crippen LogP contribution is -2.13. The summed E-state index contributed by atoms with van der Waals surface area (Å²) in [5, 5.41) is 0. The average molecular weight is 342 g/mol. The van der Waals surface area contributed by atoms with Crippen molar-refractivity contribution in [3.8, 4) is 11.1 Å². The Labute approximate surface area is 150 Å². The largest absolute Gasteiger partial charge is 0.203 e. The van der Waals surface area contributed by atoms with Crippen molar-refractivity contribution in [3.05, 3.63) is 59.2 Å². The molecule has 1 saturated carbocycles. The Morgan fingerprint density at radius 1 is 0.840 bits per heavy atom. The van der Waals surface area contributed by atoms with Crippen LogP contribution in [0.5, 0.6) is 0 Å². The van der Waals surface area contributed by atoms with Crippen LogP contribution >= 0.6 is 0 Å². The fraction of sp³-hybridized carbons (Fsp3) is 0.478. The number of aryl methyl sites for hydroxylation is 1. The van der Waals surface area contributed by atoms with Crippen LogP contribution in [-0.2, 0) is 6.42 Å². The Hall–Kier alpha value is -1.70. The number of hydrogen-bond donors (Lipinski definition) is 0. The minimum Gasteiger partial charge on any atom is -0.203 e. The van der Waals surface area contributed by atoms with Crippen LogP contribution in [0.1, 0.15) is 69.4 Å². The summed E-state index contributed by atoms with van der Waals surface area (Å²) in [5.74, 6) is 0.0753. The average Bonchev–Trinajstić information content (AvgIpc) is 2.65. The van der Waals surface area contributed by atoms with Crippen molar-refractivity contribution in [1.82, 2.24) is 0 Å². The molecule has 0 aliphatic heterocycles. The number of halogens is 2. The Morgan fingerprint density at radius 2 is 1.52 bits per heavy atom. The molecule has 0 bridgehead atoms. The minimum atomic E-state index is -0.729. The van der Waals surface area contributed by atoms with E-state index in [0.717, 1.165) is 11.5 Å². The third kappa shape index (κ3) is 3.94. The number of rotatable bonds is 5. The van der Waals surface area contributed by atoms with Crippen LogP contribution in [0.15, 0.2) is 36.4 Å². The lowest BCUT2D eigenvalue weighted by atomic mass is 9.77. The lowest BCUT2D eigenvalue weighted by Gasteiger charge is -2.28. The number of benzene rings is 2. The van der Waals surface area contributed by atoms with E-state index in [1.807, 2.05) is 19.1 Å². The topological polar surface area (TPSA) is 0 Å². The summed E-state index contributed by atoms with van der Waals surface area (Å²) in [4.78, 5) is 0. The smallest absolute Gasteiger partial charge is 0.166 e. The van der Waals surface area contributed by atoms with Gasteiger partial charge in [0.1, 0.15) is 0 Å². The standard InChI is InChI=1S/C23H28F2/c1-3-5-16-6-8-18(9-7-16)19-10-12-20(13-11-19)21-15-14-17(4-2)22(24)23(21)25/h10-16,18H,3-9H2,1-2H3. The summed E-state index contributed by atoms with van der Waals surface area (Å²) in [6.45, 7) is 4.10. The van der Waals surface area contributed by atoms with Crippen LogP contribution in [0.2, 0.25) is 0 Å². The molecule has 2 aromatic carbocycles. The van der Waals surface area contributed by atoms with Gasteiger partial charge in [0, 0.05) is 5.56 Å². The molecule has 1 aliphatic rings. The van der Waals surface area contributed by atoms with Crippen molar-refractivity contribution in [2.45, 2.75) is 64.7 Å². The van der Waals surface area contributed by atoms with Crippen molar-refractivity contribution in [2.75, 3.05) is 0 Å². The van der Waals surface area contributed by atoms with E-state index in [2.05, 4.69) is 19.1 Å². The van der Waals surface area contributed by atoms with Crippen LogP contribution in [-0.4, -0.2) is 0 Å². The predicted octanol–water partition coefficient (Wildman–Crippen LogP) is 7.27. The van der Waals surface area contributed by atoms with Crippen molar-refractivity contribution in [1.29, 1.82) is 0 Å². The van der Waals surface area contributed by atoms with Crippen LogP contribution in [0.4, 0.5) is 8.78 Å². The van der Waals surface area contributed by atoms with E-state index >= 15 is 0 Å². The van der Waals surface area contributed by atoms with E-state index in [4.69, 9.17) is 0 Å². The second kappa shape index (κ2) is 8.12. The second-order valence-corrected chi connectivity index (χ2v) is 7.38. The molecule has 0 spiro atoms. The van der Waals surface area contributed by atoms with Gasteiger partial charge in [0.25, 0.3) is 0 Å². The zero-order valence-corrected chi connectivity index (χ0v) is 15.3. The highest BCUT2D eigenvalue weighted by atomic mass is 19.2. The maximum absolute atomic E-state index is 14.3. The zero-order valence-electron chi connectivity index (χ0n) is 15.3. The molecule has 2 heteroatoms. The Bertz CT molecular complexity index is 695. The summed E-state index contributed by atoms with van der Waals surface area (Å²) in [5.41, 5.74) is 2.88. The number of hydrogen-bond acceptors (Lipinski definition) is 0. The molecule has 0 aromatic heterocycles. The van der Waals surface area contributed by atoms with Gasteiger partial charge in [-0.25, -0.2) is 8.78 Å². The summed E-state index contributed by atoms with van der Waals surface area (Å²) in [6, 6.07) is 11.5. The van der Waals surface area contributed by atoms with E-state index in [0.29, 0.717) is 23.5 Å². The molecule has 0 N–H and O–H groups in total. The van der Waals surface area contributed by atoms with Crippen molar-refractivity contribution in [3.63, 3.8) is 0 Å². The van der Waals surface area contributed by atoms with Gasteiger partial charge in [-0.05, 0) is 60.6 Å². The molecule has 1 fully saturated rings. The molecule has 1 aliphatic carbocycles.